The van der Waals surface area contributed by atoms with Crippen molar-refractivity contribution in [3.8, 4) is 0 Å². The molecule has 1 saturated heterocycles. The number of nitrogens with two attached hydrogens (primary N) is 1. The van der Waals surface area contributed by atoms with Gasteiger partial charge in [-0.15, -0.1) is 0 Å². The van der Waals surface area contributed by atoms with Crippen LogP contribution in [0.4, 0.5) is 10.1 Å². The zero-order valence-electron chi connectivity index (χ0n) is 20.3. The summed E-state index contributed by atoms with van der Waals surface area (Å²) in [5, 5.41) is 4.01. The number of anilines is 1. The van der Waals surface area contributed by atoms with Crippen LogP contribution in [0.5, 0.6) is 0 Å². The third-order valence-corrected chi connectivity index (χ3v) is 8.33. The number of benzene rings is 1. The molecule has 3 aliphatic rings. The summed E-state index contributed by atoms with van der Waals surface area (Å²) < 4.78 is 18.4. The molecular formula is C28H36FN3O3. The normalized spacial score (nSPS) is 26.2. The third kappa shape index (κ3) is 5.01. The molecule has 7 heteroatoms. The lowest BCUT2D eigenvalue weighted by Crippen LogP contribution is -2.47. The highest BCUT2D eigenvalue weighted by molar-refractivity contribution is 6.01. The number of carbonyl (C=O) groups excluding carboxylic acids is 2. The first-order chi connectivity index (χ1) is 17.0. The number of halogens is 1. The van der Waals surface area contributed by atoms with Crippen molar-refractivity contribution in [3.05, 3.63) is 41.7 Å². The number of amides is 2. The van der Waals surface area contributed by atoms with Gasteiger partial charge in [0.2, 0.25) is 5.91 Å². The standard InChI is InChI=1S/C28H36FN3O3/c29-17-24(30)19-6-8-20(9-7-19)28(34)32-14-12-23(18-4-2-1-3-5-18)26(32)27(33)31-22-10-11-25-21(16-22)13-15-35-25/h10-11,13,15-16,19-20,24,26H,1-9,12,14,17,30H2,(H,31,33)/t19?,20?,24?,26-/m0/s1. The minimum Gasteiger partial charge on any atom is -0.464 e. The molecule has 1 aliphatic heterocycles. The average Bonchev–Trinajstić information content (AvgIpc) is 3.55. The van der Waals surface area contributed by atoms with E-state index >= 15 is 0 Å². The third-order valence-electron chi connectivity index (χ3n) is 8.33. The molecule has 1 aromatic heterocycles. The van der Waals surface area contributed by atoms with Crippen molar-refractivity contribution >= 4 is 28.5 Å². The summed E-state index contributed by atoms with van der Waals surface area (Å²) in [7, 11) is 0. The summed E-state index contributed by atoms with van der Waals surface area (Å²) in [6.45, 7) is 0.0691. The zero-order valence-corrected chi connectivity index (χ0v) is 20.3. The van der Waals surface area contributed by atoms with Crippen LogP contribution in [0, 0.1) is 11.8 Å². The van der Waals surface area contributed by atoms with Gasteiger partial charge in [0.1, 0.15) is 18.3 Å². The molecule has 2 aromatic rings. The van der Waals surface area contributed by atoms with Crippen LogP contribution in [0.2, 0.25) is 0 Å². The Balaban J connectivity index is 1.36. The summed E-state index contributed by atoms with van der Waals surface area (Å²) in [6, 6.07) is 6.47. The summed E-state index contributed by atoms with van der Waals surface area (Å²) in [5.74, 6) is -0.0557. The molecule has 1 aromatic carbocycles. The molecule has 2 amide bonds. The summed E-state index contributed by atoms with van der Waals surface area (Å²) in [5.41, 5.74) is 9.91. The fraction of sp³-hybridized carbons (Fsp3) is 0.571. The molecule has 5 rings (SSSR count). The number of alkyl halides is 1. The molecule has 0 bridgehead atoms. The number of carbonyl (C=O) groups is 2. The van der Waals surface area contributed by atoms with E-state index in [4.69, 9.17) is 10.2 Å². The monoisotopic (exact) mass is 481 g/mol. The largest absolute Gasteiger partial charge is 0.464 e. The van der Waals surface area contributed by atoms with Gasteiger partial charge in [0.25, 0.3) is 5.91 Å². The van der Waals surface area contributed by atoms with E-state index in [0.717, 1.165) is 61.5 Å². The second kappa shape index (κ2) is 10.5. The molecular weight excluding hydrogens is 445 g/mol. The molecule has 2 saturated carbocycles. The van der Waals surface area contributed by atoms with Gasteiger partial charge in [0.15, 0.2) is 0 Å². The van der Waals surface area contributed by atoms with Crippen LogP contribution >= 0.6 is 0 Å². The maximum Gasteiger partial charge on any atom is 0.251 e. The van der Waals surface area contributed by atoms with Gasteiger partial charge >= 0.3 is 0 Å². The maximum absolute atomic E-state index is 13.7. The van der Waals surface area contributed by atoms with Crippen molar-refractivity contribution in [3.63, 3.8) is 0 Å². The second-order valence-electron chi connectivity index (χ2n) is 10.5. The topological polar surface area (TPSA) is 88.6 Å². The molecule has 0 radical (unpaired) electrons. The number of hydrogen-bond donors (Lipinski definition) is 2. The number of furan rings is 1. The van der Waals surface area contributed by atoms with E-state index in [1.54, 1.807) is 6.26 Å². The second-order valence-corrected chi connectivity index (χ2v) is 10.5. The number of hydrogen-bond acceptors (Lipinski definition) is 4. The van der Waals surface area contributed by atoms with E-state index in [9.17, 15) is 14.0 Å². The minimum atomic E-state index is -0.554. The number of likely N-dealkylation sites (tertiary alicyclic amines) is 1. The first kappa shape index (κ1) is 24.0. The van der Waals surface area contributed by atoms with E-state index in [-0.39, 0.29) is 23.7 Å². The Morgan fingerprint density at radius 3 is 2.60 bits per heavy atom. The Hall–Kier alpha value is -2.67. The minimum absolute atomic E-state index is 0.0640. The van der Waals surface area contributed by atoms with Crippen molar-refractivity contribution in [2.24, 2.45) is 17.6 Å². The Morgan fingerprint density at radius 2 is 1.86 bits per heavy atom. The molecule has 6 nitrogen and oxygen atoms in total. The Bertz CT molecular complexity index is 1090. The molecule has 188 valence electrons. The van der Waals surface area contributed by atoms with E-state index in [1.165, 1.54) is 12.0 Å². The number of rotatable bonds is 5. The molecule has 3 fully saturated rings. The molecule has 1 unspecified atom stereocenters. The molecule has 2 heterocycles. The predicted molar refractivity (Wildman–Crippen MR) is 134 cm³/mol. The van der Waals surface area contributed by atoms with Gasteiger partial charge in [0, 0.05) is 29.6 Å². The molecule has 2 aliphatic carbocycles. The highest BCUT2D eigenvalue weighted by Gasteiger charge is 2.42. The predicted octanol–water partition coefficient (Wildman–Crippen LogP) is 5.34. The summed E-state index contributed by atoms with van der Waals surface area (Å²) >= 11 is 0. The van der Waals surface area contributed by atoms with Crippen molar-refractivity contribution in [2.75, 3.05) is 18.5 Å². The highest BCUT2D eigenvalue weighted by Crippen LogP contribution is 2.38. The Labute approximate surface area is 206 Å². The van der Waals surface area contributed by atoms with Crippen LogP contribution in [-0.2, 0) is 9.59 Å². The summed E-state index contributed by atoms with van der Waals surface area (Å²) in [6.07, 6.45) is 10.9. The van der Waals surface area contributed by atoms with Crippen molar-refractivity contribution in [1.29, 1.82) is 0 Å². The maximum atomic E-state index is 13.7. The van der Waals surface area contributed by atoms with Crippen molar-refractivity contribution in [1.82, 2.24) is 4.90 Å². The quantitative estimate of drug-likeness (QED) is 0.565. The van der Waals surface area contributed by atoms with Gasteiger partial charge in [-0.2, -0.15) is 0 Å². The molecule has 0 spiro atoms. The molecule has 35 heavy (non-hydrogen) atoms. The van der Waals surface area contributed by atoms with E-state index < -0.39 is 18.8 Å². The number of fused-ring (bicyclic) bond motifs is 1. The van der Waals surface area contributed by atoms with Crippen LogP contribution in [0.25, 0.3) is 11.0 Å². The fourth-order valence-electron chi connectivity index (χ4n) is 6.31. The lowest BCUT2D eigenvalue weighted by Gasteiger charge is -2.34. The van der Waals surface area contributed by atoms with Gasteiger partial charge in [0.05, 0.1) is 6.26 Å². The fourth-order valence-corrected chi connectivity index (χ4v) is 6.31. The number of allylic oxidation sites excluding steroid dienone is 1. The first-order valence-corrected chi connectivity index (χ1v) is 13.2. The Morgan fingerprint density at radius 1 is 1.09 bits per heavy atom. The van der Waals surface area contributed by atoms with E-state index in [0.29, 0.717) is 25.1 Å². The van der Waals surface area contributed by atoms with Crippen molar-refractivity contribution < 1.29 is 18.4 Å². The molecule has 2 atom stereocenters. The van der Waals surface area contributed by atoms with Crippen molar-refractivity contribution in [2.45, 2.75) is 76.3 Å². The summed E-state index contributed by atoms with van der Waals surface area (Å²) in [4.78, 5) is 29.2. The lowest BCUT2D eigenvalue weighted by molar-refractivity contribution is -0.140. The average molecular weight is 482 g/mol. The SMILES string of the molecule is NC(CF)C1CCC(C(=O)N2CCC(=C3CCCCC3)[C@H]2C(=O)Nc2ccc3occc3c2)CC1. The number of nitrogens with zero attached hydrogens (tertiary/aromatic N) is 1. The van der Waals surface area contributed by atoms with Crippen LogP contribution < -0.4 is 11.1 Å². The highest BCUT2D eigenvalue weighted by atomic mass is 19.1. The van der Waals surface area contributed by atoms with Gasteiger partial charge in [-0.1, -0.05) is 12.0 Å². The first-order valence-electron chi connectivity index (χ1n) is 13.2. The van der Waals surface area contributed by atoms with Gasteiger partial charge < -0.3 is 20.4 Å². The number of nitrogens with one attached hydrogen (secondary N) is 1. The van der Waals surface area contributed by atoms with E-state index in [1.807, 2.05) is 29.2 Å². The van der Waals surface area contributed by atoms with E-state index in [2.05, 4.69) is 5.32 Å². The van der Waals surface area contributed by atoms with Crippen LogP contribution in [0.1, 0.15) is 64.2 Å². The van der Waals surface area contributed by atoms with Crippen LogP contribution in [0.15, 0.2) is 46.1 Å². The lowest BCUT2D eigenvalue weighted by atomic mass is 9.78. The van der Waals surface area contributed by atoms with Crippen LogP contribution in [-0.4, -0.2) is 42.0 Å². The Kier molecular flexibility index (Phi) is 7.23. The smallest absolute Gasteiger partial charge is 0.251 e. The van der Waals surface area contributed by atoms with Gasteiger partial charge in [-0.05, 0) is 93.5 Å². The van der Waals surface area contributed by atoms with Crippen LogP contribution in [0.3, 0.4) is 0 Å². The van der Waals surface area contributed by atoms with Gasteiger partial charge in [-0.25, -0.2) is 4.39 Å². The van der Waals surface area contributed by atoms with Gasteiger partial charge in [-0.3, -0.25) is 9.59 Å². The molecule has 3 N–H and O–H groups in total. The zero-order chi connectivity index (χ0) is 24.4.